The number of anilines is 2. The smallest absolute Gasteiger partial charge is 0.246 e. The van der Waals surface area contributed by atoms with E-state index in [0.29, 0.717) is 36.9 Å². The maximum absolute atomic E-state index is 14.7. The van der Waals surface area contributed by atoms with Crippen molar-refractivity contribution in [1.29, 1.82) is 0 Å². The highest BCUT2D eigenvalue weighted by atomic mass is 35.5. The largest absolute Gasteiger partial charge is 0.390 e. The van der Waals surface area contributed by atoms with Gasteiger partial charge < -0.3 is 19.8 Å². The van der Waals surface area contributed by atoms with Crippen LogP contribution in [0.5, 0.6) is 0 Å². The molecule has 3 aliphatic heterocycles. The van der Waals surface area contributed by atoms with E-state index in [9.17, 15) is 9.18 Å². The number of rotatable bonds is 7. The summed E-state index contributed by atoms with van der Waals surface area (Å²) in [6, 6.07) is 20.2. The molecule has 0 saturated carbocycles. The summed E-state index contributed by atoms with van der Waals surface area (Å²) in [6.07, 6.45) is 3.20. The molecule has 3 aromatic carbocycles. The number of amides is 1. The number of hydrogen-bond acceptors (Lipinski definition) is 6. The van der Waals surface area contributed by atoms with Crippen molar-refractivity contribution >= 4 is 34.6 Å². The summed E-state index contributed by atoms with van der Waals surface area (Å²) >= 11 is 6.00. The van der Waals surface area contributed by atoms with Crippen LogP contribution in [0.4, 0.5) is 15.8 Å². The minimum absolute atomic E-state index is 0.0567. The lowest BCUT2D eigenvalue weighted by Gasteiger charge is -2.40. The standard InChI is InChI=1S/C32H34ClFN4O3/c1-40-22-13-16-37(17-14-22)29-12-6-9-25-24(29)15-18-38(31(25)32(39)35-21-7-3-2-4-8-21)20-23-19-28(36-41-23)26-10-5-11-27(33)30(26)34/h2-12,22-23,31H,13-20H2,1H3,(H,35,39). The zero-order valence-electron chi connectivity index (χ0n) is 23.1. The number of carbonyl (C=O) groups is 1. The van der Waals surface area contributed by atoms with Crippen LogP contribution in [0.2, 0.25) is 5.02 Å². The Morgan fingerprint density at radius 2 is 1.85 bits per heavy atom. The highest BCUT2D eigenvalue weighted by molar-refractivity contribution is 6.31. The molecule has 1 N–H and O–H groups in total. The minimum atomic E-state index is -0.508. The van der Waals surface area contributed by atoms with E-state index in [0.717, 1.165) is 43.6 Å². The van der Waals surface area contributed by atoms with Gasteiger partial charge in [-0.25, -0.2) is 4.39 Å². The number of fused-ring (bicyclic) bond motifs is 1. The maximum atomic E-state index is 14.7. The second-order valence-electron chi connectivity index (χ2n) is 10.8. The molecule has 0 aliphatic carbocycles. The van der Waals surface area contributed by atoms with Gasteiger partial charge >= 0.3 is 0 Å². The number of nitrogens with one attached hydrogen (secondary N) is 1. The number of piperidine rings is 1. The average Bonchev–Trinajstić information content (AvgIpc) is 3.46. The van der Waals surface area contributed by atoms with Gasteiger partial charge in [0.25, 0.3) is 0 Å². The molecule has 3 aliphatic rings. The summed E-state index contributed by atoms with van der Waals surface area (Å²) in [6.45, 7) is 3.02. The molecule has 9 heteroatoms. The zero-order chi connectivity index (χ0) is 28.3. The first-order chi connectivity index (χ1) is 20.0. The summed E-state index contributed by atoms with van der Waals surface area (Å²) in [5.41, 5.74) is 5.06. The lowest BCUT2D eigenvalue weighted by Crippen LogP contribution is -2.46. The lowest BCUT2D eigenvalue weighted by atomic mass is 9.89. The summed E-state index contributed by atoms with van der Waals surface area (Å²) < 4.78 is 20.3. The number of oxime groups is 1. The number of benzene rings is 3. The van der Waals surface area contributed by atoms with Crippen molar-refractivity contribution in [2.75, 3.05) is 43.5 Å². The number of halogens is 2. The minimum Gasteiger partial charge on any atom is -0.390 e. The molecular formula is C32H34ClFN4O3. The van der Waals surface area contributed by atoms with Gasteiger partial charge in [0.05, 0.1) is 16.8 Å². The molecule has 214 valence electrons. The van der Waals surface area contributed by atoms with Crippen LogP contribution >= 0.6 is 11.6 Å². The van der Waals surface area contributed by atoms with E-state index in [1.54, 1.807) is 19.2 Å². The first-order valence-corrected chi connectivity index (χ1v) is 14.6. The Bertz CT molecular complexity index is 1430. The summed E-state index contributed by atoms with van der Waals surface area (Å²) in [4.78, 5) is 24.3. The first kappa shape index (κ1) is 27.7. The van der Waals surface area contributed by atoms with Gasteiger partial charge in [0.2, 0.25) is 5.91 Å². The van der Waals surface area contributed by atoms with E-state index in [4.69, 9.17) is 21.2 Å². The third-order valence-corrected chi connectivity index (χ3v) is 8.63. The Labute approximate surface area is 244 Å². The van der Waals surface area contributed by atoms with Crippen LogP contribution in [0.15, 0.2) is 71.9 Å². The van der Waals surface area contributed by atoms with E-state index < -0.39 is 11.9 Å². The van der Waals surface area contributed by atoms with Gasteiger partial charge in [-0.2, -0.15) is 0 Å². The van der Waals surface area contributed by atoms with E-state index in [2.05, 4.69) is 38.5 Å². The number of ether oxygens (including phenoxy) is 1. The van der Waals surface area contributed by atoms with Crippen molar-refractivity contribution in [3.05, 3.63) is 94.3 Å². The normalized spacial score (nSPS) is 21.2. The molecule has 0 bridgehead atoms. The second kappa shape index (κ2) is 12.2. The summed E-state index contributed by atoms with van der Waals surface area (Å²) in [5, 5.41) is 7.38. The maximum Gasteiger partial charge on any atom is 0.246 e. The Morgan fingerprint density at radius 1 is 1.07 bits per heavy atom. The Morgan fingerprint density at radius 3 is 2.63 bits per heavy atom. The van der Waals surface area contributed by atoms with E-state index in [1.165, 1.54) is 17.3 Å². The van der Waals surface area contributed by atoms with Gasteiger partial charge in [-0.15, -0.1) is 0 Å². The number of nitrogens with zero attached hydrogens (tertiary/aromatic N) is 3. The molecule has 3 heterocycles. The summed E-state index contributed by atoms with van der Waals surface area (Å²) in [7, 11) is 1.78. The Kier molecular flexibility index (Phi) is 8.23. The summed E-state index contributed by atoms with van der Waals surface area (Å²) in [5.74, 6) is -0.585. The first-order valence-electron chi connectivity index (χ1n) is 14.2. The Balaban J connectivity index is 1.25. The molecule has 1 amide bonds. The predicted molar refractivity (Wildman–Crippen MR) is 159 cm³/mol. The molecule has 2 atom stereocenters. The molecule has 0 spiro atoms. The van der Waals surface area contributed by atoms with Crippen molar-refractivity contribution in [3.8, 4) is 0 Å². The second-order valence-corrected chi connectivity index (χ2v) is 11.2. The molecule has 2 unspecified atom stereocenters. The van der Waals surface area contributed by atoms with Crippen LogP contribution in [-0.4, -0.2) is 62.0 Å². The van der Waals surface area contributed by atoms with Crippen LogP contribution in [0.1, 0.15) is 42.0 Å². The van der Waals surface area contributed by atoms with Crippen molar-refractivity contribution in [1.82, 2.24) is 4.90 Å². The molecule has 41 heavy (non-hydrogen) atoms. The molecule has 3 aromatic rings. The average molecular weight is 577 g/mol. The third-order valence-electron chi connectivity index (χ3n) is 8.34. The van der Waals surface area contributed by atoms with Gasteiger partial charge in [0.15, 0.2) is 5.82 Å². The van der Waals surface area contributed by atoms with Crippen LogP contribution in [0.25, 0.3) is 0 Å². The molecular weight excluding hydrogens is 543 g/mol. The number of hydrogen-bond donors (Lipinski definition) is 1. The van der Waals surface area contributed by atoms with E-state index in [1.807, 2.05) is 30.3 Å². The SMILES string of the molecule is COC1CCN(c2cccc3c2CCN(CC2CC(c4cccc(Cl)c4F)=NO2)C3C(=O)Nc2ccccc2)CC1. The molecule has 6 rings (SSSR count). The van der Waals surface area contributed by atoms with E-state index >= 15 is 0 Å². The topological polar surface area (TPSA) is 66.4 Å². The van der Waals surface area contributed by atoms with Gasteiger partial charge in [0.1, 0.15) is 12.1 Å². The molecule has 7 nitrogen and oxygen atoms in total. The van der Waals surface area contributed by atoms with Crippen molar-refractivity contribution in [2.45, 2.75) is 43.9 Å². The van der Waals surface area contributed by atoms with Crippen molar-refractivity contribution in [3.63, 3.8) is 0 Å². The fourth-order valence-corrected chi connectivity index (χ4v) is 6.41. The molecule has 0 radical (unpaired) electrons. The molecule has 1 fully saturated rings. The highest BCUT2D eigenvalue weighted by Crippen LogP contribution is 2.38. The lowest BCUT2D eigenvalue weighted by molar-refractivity contribution is -0.122. The fourth-order valence-electron chi connectivity index (χ4n) is 6.24. The van der Waals surface area contributed by atoms with Crippen molar-refractivity contribution in [2.24, 2.45) is 5.16 Å². The monoisotopic (exact) mass is 576 g/mol. The van der Waals surface area contributed by atoms with E-state index in [-0.39, 0.29) is 17.0 Å². The quantitative estimate of drug-likeness (QED) is 0.384. The van der Waals surface area contributed by atoms with Gasteiger partial charge in [0, 0.05) is 56.6 Å². The van der Waals surface area contributed by atoms with Gasteiger partial charge in [-0.05, 0) is 60.7 Å². The predicted octanol–water partition coefficient (Wildman–Crippen LogP) is 5.83. The number of methoxy groups -OCH3 is 1. The van der Waals surface area contributed by atoms with Crippen LogP contribution < -0.4 is 10.2 Å². The molecule has 0 aromatic heterocycles. The van der Waals surface area contributed by atoms with Crippen LogP contribution in [0.3, 0.4) is 0 Å². The van der Waals surface area contributed by atoms with Crippen LogP contribution in [0, 0.1) is 5.82 Å². The Hall–Kier alpha value is -3.46. The van der Waals surface area contributed by atoms with Gasteiger partial charge in [-0.1, -0.05) is 53.2 Å². The number of para-hydroxylation sites is 1. The third kappa shape index (κ3) is 5.82. The fraction of sp³-hybridized carbons (Fsp3) is 0.375. The molecule has 1 saturated heterocycles. The van der Waals surface area contributed by atoms with Crippen molar-refractivity contribution < 1.29 is 18.8 Å². The van der Waals surface area contributed by atoms with Crippen LogP contribution in [-0.2, 0) is 20.8 Å². The van der Waals surface area contributed by atoms with Gasteiger partial charge in [-0.3, -0.25) is 9.69 Å². The zero-order valence-corrected chi connectivity index (χ0v) is 23.8. The highest BCUT2D eigenvalue weighted by Gasteiger charge is 2.38. The number of carbonyl (C=O) groups excluding carboxylic acids is 1.